The Labute approximate surface area is 73.5 Å². The van der Waals surface area contributed by atoms with Gasteiger partial charge in [0.2, 0.25) is 0 Å². The number of halogens is 1. The molecule has 4 nitrogen and oxygen atoms in total. The van der Waals surface area contributed by atoms with Gasteiger partial charge in [-0.25, -0.2) is 8.42 Å². The van der Waals surface area contributed by atoms with Crippen LogP contribution in [0.1, 0.15) is 0 Å². The molecule has 2 N–H and O–H groups in total. The van der Waals surface area contributed by atoms with Gasteiger partial charge in [0, 0.05) is 16.7 Å². The van der Waals surface area contributed by atoms with Crippen molar-refractivity contribution in [3.63, 3.8) is 0 Å². The van der Waals surface area contributed by atoms with Gasteiger partial charge < -0.3 is 10.2 Å². The van der Waals surface area contributed by atoms with Crippen molar-refractivity contribution in [1.82, 2.24) is 0 Å². The summed E-state index contributed by atoms with van der Waals surface area (Å²) >= 11 is 0. The second-order valence-corrected chi connectivity index (χ2v) is 4.62. The summed E-state index contributed by atoms with van der Waals surface area (Å²) in [4.78, 5) is -0.496. The Balaban J connectivity index is 3.43. The molecule has 0 amide bonds. The third-order valence-electron chi connectivity index (χ3n) is 1.21. The molecule has 0 aliphatic carbocycles. The lowest BCUT2D eigenvalue weighted by molar-refractivity contribution is 0.446. The fourth-order valence-corrected chi connectivity index (χ4v) is 1.65. The normalized spacial score (nSPS) is 11.4. The van der Waals surface area contributed by atoms with Gasteiger partial charge in [-0.2, -0.15) is 0 Å². The standard InChI is InChI=1S/C6H5ClO4S/c7-12(10,11)6-3-4(8)1-2-5(6)9/h1-3,8-9H. The molecule has 0 atom stereocenters. The fraction of sp³-hybridized carbons (Fsp3) is 0. The molecular formula is C6H5ClO4S. The molecule has 12 heavy (non-hydrogen) atoms. The van der Waals surface area contributed by atoms with E-state index in [1.807, 2.05) is 0 Å². The number of aromatic hydroxyl groups is 2. The lowest BCUT2D eigenvalue weighted by Crippen LogP contribution is -1.90. The zero-order valence-corrected chi connectivity index (χ0v) is 7.30. The van der Waals surface area contributed by atoms with Gasteiger partial charge in [-0.1, -0.05) is 0 Å². The molecule has 0 aromatic heterocycles. The molecule has 0 aliphatic rings. The van der Waals surface area contributed by atoms with Crippen LogP contribution in [0.2, 0.25) is 0 Å². The molecular weight excluding hydrogens is 204 g/mol. The lowest BCUT2D eigenvalue weighted by Gasteiger charge is -1.99. The molecule has 1 aromatic rings. The fourth-order valence-electron chi connectivity index (χ4n) is 0.698. The Bertz CT molecular complexity index is 398. The Morgan fingerprint density at radius 1 is 1.25 bits per heavy atom. The monoisotopic (exact) mass is 208 g/mol. The van der Waals surface area contributed by atoms with E-state index in [-0.39, 0.29) is 5.75 Å². The van der Waals surface area contributed by atoms with Gasteiger partial charge in [0.25, 0.3) is 9.05 Å². The summed E-state index contributed by atoms with van der Waals surface area (Å²) in [6.45, 7) is 0. The van der Waals surface area contributed by atoms with Crippen LogP contribution in [0.25, 0.3) is 0 Å². The summed E-state index contributed by atoms with van der Waals surface area (Å²) in [5.74, 6) is -0.755. The summed E-state index contributed by atoms with van der Waals surface area (Å²) < 4.78 is 21.4. The van der Waals surface area contributed by atoms with Crippen molar-refractivity contribution in [2.75, 3.05) is 0 Å². The van der Waals surface area contributed by atoms with Crippen LogP contribution in [0, 0.1) is 0 Å². The number of hydrogen-bond donors (Lipinski definition) is 2. The van der Waals surface area contributed by atoms with Gasteiger partial charge in [0.05, 0.1) is 0 Å². The van der Waals surface area contributed by atoms with Crippen molar-refractivity contribution in [3.8, 4) is 11.5 Å². The first-order valence-corrected chi connectivity index (χ1v) is 5.19. The molecule has 0 bridgehead atoms. The largest absolute Gasteiger partial charge is 0.508 e. The highest BCUT2D eigenvalue weighted by molar-refractivity contribution is 8.13. The van der Waals surface area contributed by atoms with Crippen LogP contribution in [0.15, 0.2) is 23.1 Å². The van der Waals surface area contributed by atoms with Gasteiger partial charge in [0.1, 0.15) is 16.4 Å². The minimum Gasteiger partial charge on any atom is -0.508 e. The van der Waals surface area contributed by atoms with E-state index in [1.165, 1.54) is 0 Å². The molecule has 1 rings (SSSR count). The Morgan fingerprint density at radius 3 is 2.25 bits per heavy atom. The number of rotatable bonds is 1. The maximum atomic E-state index is 10.7. The van der Waals surface area contributed by atoms with E-state index in [0.717, 1.165) is 18.2 Å². The van der Waals surface area contributed by atoms with Crippen LogP contribution < -0.4 is 0 Å². The molecule has 0 fully saturated rings. The summed E-state index contributed by atoms with van der Waals surface area (Å²) in [6.07, 6.45) is 0. The number of benzene rings is 1. The minimum atomic E-state index is -3.99. The van der Waals surface area contributed by atoms with E-state index in [2.05, 4.69) is 0 Å². The van der Waals surface area contributed by atoms with Crippen LogP contribution in [-0.2, 0) is 9.05 Å². The van der Waals surface area contributed by atoms with Crippen LogP contribution in [-0.4, -0.2) is 18.6 Å². The second-order valence-electron chi connectivity index (χ2n) is 2.09. The first kappa shape index (κ1) is 9.15. The highest BCUT2D eigenvalue weighted by Crippen LogP contribution is 2.28. The molecule has 6 heteroatoms. The Kier molecular flexibility index (Phi) is 2.16. The number of phenolic OH excluding ortho intramolecular Hbond substituents is 2. The summed E-state index contributed by atoms with van der Waals surface area (Å²) in [5.41, 5.74) is 0. The topological polar surface area (TPSA) is 74.6 Å². The highest BCUT2D eigenvalue weighted by Gasteiger charge is 2.15. The molecule has 0 radical (unpaired) electrons. The van der Waals surface area contributed by atoms with Crippen molar-refractivity contribution in [2.45, 2.75) is 4.90 Å². The van der Waals surface area contributed by atoms with Crippen molar-refractivity contribution in [2.24, 2.45) is 0 Å². The maximum Gasteiger partial charge on any atom is 0.265 e. The smallest absolute Gasteiger partial charge is 0.265 e. The molecule has 0 unspecified atom stereocenters. The molecule has 0 saturated carbocycles. The predicted octanol–water partition coefficient (Wildman–Crippen LogP) is 1.03. The number of hydrogen-bond acceptors (Lipinski definition) is 4. The number of phenols is 2. The van der Waals surface area contributed by atoms with E-state index in [1.54, 1.807) is 0 Å². The maximum absolute atomic E-state index is 10.7. The molecule has 0 heterocycles. The van der Waals surface area contributed by atoms with Gasteiger partial charge >= 0.3 is 0 Å². The lowest BCUT2D eigenvalue weighted by atomic mass is 10.3. The van der Waals surface area contributed by atoms with E-state index in [4.69, 9.17) is 20.9 Å². The van der Waals surface area contributed by atoms with Crippen molar-refractivity contribution in [1.29, 1.82) is 0 Å². The SMILES string of the molecule is O=S(=O)(Cl)c1cc(O)ccc1O. The highest BCUT2D eigenvalue weighted by atomic mass is 35.7. The van der Waals surface area contributed by atoms with Gasteiger partial charge in [0.15, 0.2) is 0 Å². The van der Waals surface area contributed by atoms with Gasteiger partial charge in [-0.05, 0) is 12.1 Å². The molecule has 0 spiro atoms. The van der Waals surface area contributed by atoms with E-state index < -0.39 is 19.7 Å². The summed E-state index contributed by atoms with van der Waals surface area (Å²) in [7, 11) is 0.943. The average molecular weight is 209 g/mol. The third-order valence-corrected chi connectivity index (χ3v) is 2.56. The van der Waals surface area contributed by atoms with Crippen LogP contribution in [0.5, 0.6) is 11.5 Å². The van der Waals surface area contributed by atoms with Crippen molar-refractivity contribution >= 4 is 19.7 Å². The quantitative estimate of drug-likeness (QED) is 0.534. The first-order chi connectivity index (χ1) is 5.41. The van der Waals surface area contributed by atoms with E-state index in [0.29, 0.717) is 0 Å². The van der Waals surface area contributed by atoms with Gasteiger partial charge in [-0.3, -0.25) is 0 Å². The van der Waals surface area contributed by atoms with Crippen LogP contribution in [0.4, 0.5) is 0 Å². The van der Waals surface area contributed by atoms with Gasteiger partial charge in [-0.15, -0.1) is 0 Å². The zero-order valence-electron chi connectivity index (χ0n) is 5.73. The first-order valence-electron chi connectivity index (χ1n) is 2.88. The average Bonchev–Trinajstić information content (AvgIpc) is 1.92. The molecule has 0 saturated heterocycles. The molecule has 66 valence electrons. The second kappa shape index (κ2) is 2.84. The van der Waals surface area contributed by atoms with Crippen molar-refractivity contribution in [3.05, 3.63) is 18.2 Å². The Hall–Kier alpha value is -0.940. The summed E-state index contributed by atoms with van der Waals surface area (Å²) in [5, 5.41) is 17.9. The predicted molar refractivity (Wildman–Crippen MR) is 42.8 cm³/mol. The third kappa shape index (κ3) is 1.80. The van der Waals surface area contributed by atoms with E-state index >= 15 is 0 Å². The van der Waals surface area contributed by atoms with Crippen molar-refractivity contribution < 1.29 is 18.6 Å². The Morgan fingerprint density at radius 2 is 1.83 bits per heavy atom. The zero-order chi connectivity index (χ0) is 9.35. The summed E-state index contributed by atoms with van der Waals surface area (Å²) in [6, 6.07) is 3.07. The minimum absolute atomic E-state index is 0.271. The van der Waals surface area contributed by atoms with Crippen LogP contribution in [0.3, 0.4) is 0 Å². The van der Waals surface area contributed by atoms with E-state index in [9.17, 15) is 8.42 Å². The molecule has 0 aliphatic heterocycles. The van der Waals surface area contributed by atoms with Crippen LogP contribution >= 0.6 is 10.7 Å². The molecule has 1 aromatic carbocycles.